The summed E-state index contributed by atoms with van der Waals surface area (Å²) >= 11 is 0. The molecule has 2 nitrogen and oxygen atoms in total. The van der Waals surface area contributed by atoms with Crippen molar-refractivity contribution in [1.82, 2.24) is 5.32 Å². The second-order valence-electron chi connectivity index (χ2n) is 5.84. The van der Waals surface area contributed by atoms with E-state index in [1.165, 1.54) is 5.57 Å². The molecule has 0 aliphatic heterocycles. The molecule has 0 heterocycles. The molecule has 0 aromatic heterocycles. The van der Waals surface area contributed by atoms with E-state index in [1.807, 2.05) is 20.8 Å². The van der Waals surface area contributed by atoms with E-state index in [9.17, 15) is 22.4 Å². The molecular formula is C18H21F4NO. The number of carbonyl (C=O) groups excluding carboxylic acids is 1. The summed E-state index contributed by atoms with van der Waals surface area (Å²) in [5.41, 5.74) is 0.142. The van der Waals surface area contributed by atoms with Gasteiger partial charge in [-0.3, -0.25) is 4.79 Å². The zero-order valence-corrected chi connectivity index (χ0v) is 14.2. The van der Waals surface area contributed by atoms with Crippen LogP contribution < -0.4 is 5.32 Å². The van der Waals surface area contributed by atoms with E-state index >= 15 is 0 Å². The first-order valence-corrected chi connectivity index (χ1v) is 7.56. The van der Waals surface area contributed by atoms with Gasteiger partial charge in [0, 0.05) is 12.1 Å². The van der Waals surface area contributed by atoms with Gasteiger partial charge in [0.2, 0.25) is 0 Å². The number of hydrogen-bond acceptors (Lipinski definition) is 1. The van der Waals surface area contributed by atoms with Crippen LogP contribution in [0.5, 0.6) is 0 Å². The molecule has 6 heteroatoms. The van der Waals surface area contributed by atoms with Crippen molar-refractivity contribution < 1.29 is 22.4 Å². The minimum atomic E-state index is -1.69. The quantitative estimate of drug-likeness (QED) is 0.441. The number of carbonyl (C=O) groups is 1. The molecule has 1 aromatic carbocycles. The van der Waals surface area contributed by atoms with Gasteiger partial charge in [0.1, 0.15) is 5.56 Å². The topological polar surface area (TPSA) is 29.1 Å². The SMILES string of the molecule is CC(C)=CCCC(C)=CCNC(=O)c1c(F)c(F)c(C)c(F)c1F. The van der Waals surface area contributed by atoms with Gasteiger partial charge in [-0.15, -0.1) is 0 Å². The molecule has 1 rings (SSSR count). The highest BCUT2D eigenvalue weighted by molar-refractivity contribution is 5.95. The lowest BCUT2D eigenvalue weighted by Crippen LogP contribution is -2.27. The summed E-state index contributed by atoms with van der Waals surface area (Å²) in [6.45, 7) is 6.74. The largest absolute Gasteiger partial charge is 0.348 e. The van der Waals surface area contributed by atoms with Crippen LogP contribution in [0.2, 0.25) is 0 Å². The van der Waals surface area contributed by atoms with Gasteiger partial charge in [-0.1, -0.05) is 23.3 Å². The summed E-state index contributed by atoms with van der Waals surface area (Å²) in [4.78, 5) is 11.8. The second-order valence-corrected chi connectivity index (χ2v) is 5.84. The molecule has 132 valence electrons. The molecule has 0 aliphatic carbocycles. The number of benzene rings is 1. The van der Waals surface area contributed by atoms with Gasteiger partial charge < -0.3 is 5.32 Å². The minimum Gasteiger partial charge on any atom is -0.348 e. The summed E-state index contributed by atoms with van der Waals surface area (Å²) in [6.07, 6.45) is 5.37. The summed E-state index contributed by atoms with van der Waals surface area (Å²) < 4.78 is 54.4. The lowest BCUT2D eigenvalue weighted by atomic mass is 10.1. The number of rotatable bonds is 6. The van der Waals surface area contributed by atoms with E-state index < -0.39 is 40.3 Å². The third kappa shape index (κ3) is 4.94. The number of hydrogen-bond donors (Lipinski definition) is 1. The Kier molecular flexibility index (Phi) is 7.19. The van der Waals surface area contributed by atoms with E-state index in [0.717, 1.165) is 25.3 Å². The van der Waals surface area contributed by atoms with Gasteiger partial charge in [0.15, 0.2) is 23.3 Å². The van der Waals surface area contributed by atoms with Crippen LogP contribution in [-0.2, 0) is 0 Å². The Hall–Kier alpha value is -2.11. The molecule has 0 saturated carbocycles. The van der Waals surface area contributed by atoms with Crippen LogP contribution in [0.1, 0.15) is 49.5 Å². The Morgan fingerprint density at radius 3 is 2.00 bits per heavy atom. The molecule has 0 unspecified atom stereocenters. The van der Waals surface area contributed by atoms with Crippen molar-refractivity contribution in [2.45, 2.75) is 40.5 Å². The van der Waals surface area contributed by atoms with Crippen molar-refractivity contribution in [1.29, 1.82) is 0 Å². The number of amides is 1. The van der Waals surface area contributed by atoms with Crippen molar-refractivity contribution in [3.8, 4) is 0 Å². The molecule has 0 aliphatic rings. The maximum Gasteiger partial charge on any atom is 0.257 e. The molecule has 0 radical (unpaired) electrons. The van der Waals surface area contributed by atoms with Crippen molar-refractivity contribution >= 4 is 5.91 Å². The standard InChI is InChI=1S/C18H21F4NO/c1-10(2)6-5-7-11(3)8-9-23-18(24)13-16(21)14(19)12(4)15(20)17(13)22/h6,8H,5,7,9H2,1-4H3,(H,23,24). The molecule has 1 N–H and O–H groups in total. The lowest BCUT2D eigenvalue weighted by molar-refractivity contribution is 0.0947. The second kappa shape index (κ2) is 8.66. The lowest BCUT2D eigenvalue weighted by Gasteiger charge is -2.09. The highest BCUT2D eigenvalue weighted by atomic mass is 19.2. The Balaban J connectivity index is 2.78. The average Bonchev–Trinajstić information content (AvgIpc) is 2.51. The first-order valence-electron chi connectivity index (χ1n) is 7.56. The normalized spacial score (nSPS) is 11.4. The van der Waals surface area contributed by atoms with Crippen molar-refractivity contribution in [2.75, 3.05) is 6.54 Å². The molecule has 0 bridgehead atoms. The first kappa shape index (κ1) is 19.9. The van der Waals surface area contributed by atoms with E-state index in [0.29, 0.717) is 0 Å². The molecule has 24 heavy (non-hydrogen) atoms. The monoisotopic (exact) mass is 343 g/mol. The van der Waals surface area contributed by atoms with Gasteiger partial charge in [-0.2, -0.15) is 0 Å². The molecule has 1 aromatic rings. The first-order chi connectivity index (χ1) is 11.2. The van der Waals surface area contributed by atoms with Gasteiger partial charge in [0.25, 0.3) is 5.91 Å². The zero-order chi connectivity index (χ0) is 18.4. The fraction of sp³-hybridized carbons (Fsp3) is 0.389. The summed E-state index contributed by atoms with van der Waals surface area (Å²) in [6, 6.07) is 0. The fourth-order valence-corrected chi connectivity index (χ4v) is 2.04. The van der Waals surface area contributed by atoms with Gasteiger partial charge in [-0.05, 0) is 40.5 Å². The predicted octanol–water partition coefficient (Wildman–Crippen LogP) is 4.97. The minimum absolute atomic E-state index is 0.00941. The van der Waals surface area contributed by atoms with Gasteiger partial charge >= 0.3 is 0 Å². The van der Waals surface area contributed by atoms with Gasteiger partial charge in [-0.25, -0.2) is 17.6 Å². The Bertz CT molecular complexity index is 660. The van der Waals surface area contributed by atoms with Crippen LogP contribution in [0, 0.1) is 30.2 Å². The molecule has 0 spiro atoms. The molecule has 1 amide bonds. The predicted molar refractivity (Wildman–Crippen MR) is 85.8 cm³/mol. The maximum atomic E-state index is 13.7. The molecule has 0 fully saturated rings. The Labute approximate surface area is 139 Å². The average molecular weight is 343 g/mol. The van der Waals surface area contributed by atoms with E-state index in [1.54, 1.807) is 6.08 Å². The molecule has 0 atom stereocenters. The molecule has 0 saturated heterocycles. The summed E-state index contributed by atoms with van der Waals surface area (Å²) in [7, 11) is 0. The van der Waals surface area contributed by atoms with E-state index in [4.69, 9.17) is 0 Å². The third-order valence-electron chi connectivity index (χ3n) is 3.51. The van der Waals surface area contributed by atoms with Crippen LogP contribution in [-0.4, -0.2) is 12.5 Å². The fourth-order valence-electron chi connectivity index (χ4n) is 2.04. The number of halogens is 4. The number of nitrogens with one attached hydrogen (secondary N) is 1. The Morgan fingerprint density at radius 2 is 1.50 bits per heavy atom. The highest BCUT2D eigenvalue weighted by Gasteiger charge is 2.27. The van der Waals surface area contributed by atoms with Crippen LogP contribution in [0.3, 0.4) is 0 Å². The van der Waals surface area contributed by atoms with E-state index in [2.05, 4.69) is 11.4 Å². The van der Waals surface area contributed by atoms with Gasteiger partial charge in [0.05, 0.1) is 0 Å². The van der Waals surface area contributed by atoms with Crippen molar-refractivity contribution in [2.24, 2.45) is 0 Å². The smallest absolute Gasteiger partial charge is 0.257 e. The number of allylic oxidation sites excluding steroid dienone is 3. The summed E-state index contributed by atoms with van der Waals surface area (Å²) in [5.74, 6) is -7.70. The van der Waals surface area contributed by atoms with Crippen LogP contribution >= 0.6 is 0 Å². The van der Waals surface area contributed by atoms with E-state index in [-0.39, 0.29) is 6.54 Å². The highest BCUT2D eigenvalue weighted by Crippen LogP contribution is 2.23. The van der Waals surface area contributed by atoms with Crippen molar-refractivity contribution in [3.05, 3.63) is 57.7 Å². The zero-order valence-electron chi connectivity index (χ0n) is 14.2. The third-order valence-corrected chi connectivity index (χ3v) is 3.51. The van der Waals surface area contributed by atoms with Crippen LogP contribution in [0.15, 0.2) is 23.3 Å². The van der Waals surface area contributed by atoms with Crippen LogP contribution in [0.25, 0.3) is 0 Å². The molecular weight excluding hydrogens is 322 g/mol. The Morgan fingerprint density at radius 1 is 0.958 bits per heavy atom. The van der Waals surface area contributed by atoms with Crippen molar-refractivity contribution in [3.63, 3.8) is 0 Å². The van der Waals surface area contributed by atoms with Crippen LogP contribution in [0.4, 0.5) is 17.6 Å². The summed E-state index contributed by atoms with van der Waals surface area (Å²) in [5, 5.41) is 2.24. The maximum absolute atomic E-state index is 13.7.